The van der Waals surface area contributed by atoms with Crippen LogP contribution in [0.3, 0.4) is 0 Å². The summed E-state index contributed by atoms with van der Waals surface area (Å²) in [5, 5.41) is 11.3. The molecule has 0 amide bonds. The van der Waals surface area contributed by atoms with Gasteiger partial charge in [0.25, 0.3) is 0 Å². The summed E-state index contributed by atoms with van der Waals surface area (Å²) in [4.78, 5) is 12.6. The lowest BCUT2D eigenvalue weighted by molar-refractivity contribution is -0.136. The number of carbonyl (C=O) groups is 1. The molecule has 5 rings (SSSR count). The summed E-state index contributed by atoms with van der Waals surface area (Å²) in [7, 11) is 1.54. The number of nitrogens with two attached hydrogens (primary N) is 1. The van der Waals surface area contributed by atoms with Crippen LogP contribution < -0.4 is 29.4 Å². The van der Waals surface area contributed by atoms with E-state index in [4.69, 9.17) is 52.6 Å². The quantitative estimate of drug-likeness (QED) is 0.150. The smallest absolute Gasteiger partial charge is 0.349 e. The minimum absolute atomic E-state index is 0.0488. The molecule has 1 aliphatic rings. The molecule has 1 unspecified atom stereocenters. The molecule has 0 spiro atoms. The molecule has 4 aromatic rings. The van der Waals surface area contributed by atoms with Crippen molar-refractivity contribution in [2.24, 2.45) is 5.73 Å². The molecular formula is C34H28Cl2N2O6. The van der Waals surface area contributed by atoms with Crippen molar-refractivity contribution in [3.8, 4) is 34.8 Å². The molecule has 44 heavy (non-hydrogen) atoms. The second-order valence-electron chi connectivity index (χ2n) is 10.1. The Balaban J connectivity index is 1.34. The van der Waals surface area contributed by atoms with Gasteiger partial charge in [-0.25, -0.2) is 4.79 Å². The van der Waals surface area contributed by atoms with Crippen LogP contribution >= 0.6 is 23.2 Å². The van der Waals surface area contributed by atoms with E-state index in [0.29, 0.717) is 45.2 Å². The highest BCUT2D eigenvalue weighted by Crippen LogP contribution is 2.45. The number of benzene rings is 4. The highest BCUT2D eigenvalue weighted by Gasteiger charge is 2.32. The molecular weight excluding hydrogens is 603 g/mol. The zero-order valence-electron chi connectivity index (χ0n) is 24.1. The number of allylic oxidation sites excluding steroid dienone is 1. The van der Waals surface area contributed by atoms with Gasteiger partial charge >= 0.3 is 5.97 Å². The number of nitrogens with zero attached hydrogens (tertiary/aromatic N) is 1. The van der Waals surface area contributed by atoms with E-state index in [1.54, 1.807) is 61.7 Å². The summed E-state index contributed by atoms with van der Waals surface area (Å²) >= 11 is 12.2. The second-order valence-corrected chi connectivity index (χ2v) is 10.9. The SMILES string of the molecule is COc1cc(C2C(C#N)=C(N)Oc3cc(OC(=O)COc4cc(C)c(Cl)c(C)c4)ccc32)ccc1OCc1ccc(Cl)cc1. The van der Waals surface area contributed by atoms with Crippen molar-refractivity contribution in [3.63, 3.8) is 0 Å². The van der Waals surface area contributed by atoms with Crippen LogP contribution in [0.2, 0.25) is 10.0 Å². The molecule has 1 atom stereocenters. The van der Waals surface area contributed by atoms with Gasteiger partial charge in [0.05, 0.1) is 13.0 Å². The molecule has 4 aromatic carbocycles. The minimum atomic E-state index is -0.609. The van der Waals surface area contributed by atoms with Gasteiger partial charge in [0.15, 0.2) is 18.1 Å². The zero-order valence-corrected chi connectivity index (χ0v) is 25.7. The van der Waals surface area contributed by atoms with Crippen LogP contribution in [0.1, 0.15) is 33.7 Å². The van der Waals surface area contributed by atoms with Crippen LogP contribution in [0.4, 0.5) is 0 Å². The number of hydrogen-bond acceptors (Lipinski definition) is 8. The summed E-state index contributed by atoms with van der Waals surface area (Å²) in [6.07, 6.45) is 0. The largest absolute Gasteiger partial charge is 0.493 e. The number of methoxy groups -OCH3 is 1. The third-order valence-electron chi connectivity index (χ3n) is 7.02. The fourth-order valence-corrected chi connectivity index (χ4v) is 5.09. The number of carbonyl (C=O) groups excluding carboxylic acids is 1. The van der Waals surface area contributed by atoms with E-state index >= 15 is 0 Å². The van der Waals surface area contributed by atoms with Crippen LogP contribution in [-0.4, -0.2) is 19.7 Å². The lowest BCUT2D eigenvalue weighted by atomic mass is 9.83. The molecule has 224 valence electrons. The summed E-state index contributed by atoms with van der Waals surface area (Å²) in [5.41, 5.74) is 10.5. The van der Waals surface area contributed by atoms with Crippen molar-refractivity contribution in [2.75, 3.05) is 13.7 Å². The van der Waals surface area contributed by atoms with Gasteiger partial charge in [-0.05, 0) is 78.6 Å². The molecule has 1 aliphatic heterocycles. The molecule has 0 fully saturated rings. The Morgan fingerprint density at radius 1 is 0.932 bits per heavy atom. The van der Waals surface area contributed by atoms with Crippen LogP contribution in [0, 0.1) is 25.2 Å². The predicted molar refractivity (Wildman–Crippen MR) is 167 cm³/mol. The molecule has 0 bridgehead atoms. The maximum atomic E-state index is 12.6. The first kappa shape index (κ1) is 30.6. The van der Waals surface area contributed by atoms with Gasteiger partial charge < -0.3 is 29.4 Å². The van der Waals surface area contributed by atoms with Gasteiger partial charge in [0, 0.05) is 21.7 Å². The number of rotatable bonds is 9. The van der Waals surface area contributed by atoms with Crippen molar-refractivity contribution < 1.29 is 28.5 Å². The Labute approximate surface area is 265 Å². The first-order chi connectivity index (χ1) is 21.2. The standard InChI is InChI=1S/C34H28Cl2N2O6/c1-19-12-25(13-20(2)33(19)36)41-18-31(39)43-24-9-10-26-29(15-24)44-34(38)27(16-37)32(26)22-6-11-28(30(14-22)40-3)42-17-21-4-7-23(35)8-5-21/h4-15,32H,17-18,38H2,1-3H3. The third-order valence-corrected chi connectivity index (χ3v) is 7.87. The highest BCUT2D eigenvalue weighted by molar-refractivity contribution is 6.32. The van der Waals surface area contributed by atoms with E-state index in [2.05, 4.69) is 6.07 Å². The maximum absolute atomic E-state index is 12.6. The van der Waals surface area contributed by atoms with Gasteiger partial charge in [-0.2, -0.15) is 5.26 Å². The lowest BCUT2D eigenvalue weighted by Gasteiger charge is -2.27. The molecule has 0 saturated heterocycles. The summed E-state index contributed by atoms with van der Waals surface area (Å²) in [6.45, 7) is 3.72. The number of ether oxygens (including phenoxy) is 5. The monoisotopic (exact) mass is 630 g/mol. The first-order valence-electron chi connectivity index (χ1n) is 13.5. The van der Waals surface area contributed by atoms with E-state index < -0.39 is 11.9 Å². The molecule has 2 N–H and O–H groups in total. The fraction of sp³-hybridized carbons (Fsp3) is 0.176. The summed E-state index contributed by atoms with van der Waals surface area (Å²) in [5.74, 6) is 0.888. The van der Waals surface area contributed by atoms with E-state index in [-0.39, 0.29) is 23.8 Å². The third kappa shape index (κ3) is 6.70. The molecule has 0 saturated carbocycles. The summed E-state index contributed by atoms with van der Waals surface area (Å²) in [6, 6.07) is 23.4. The van der Waals surface area contributed by atoms with Gasteiger partial charge in [-0.1, -0.05) is 47.5 Å². The average Bonchev–Trinajstić information content (AvgIpc) is 3.01. The van der Waals surface area contributed by atoms with Crippen LogP contribution in [0.15, 0.2) is 84.3 Å². The van der Waals surface area contributed by atoms with E-state index in [0.717, 1.165) is 22.3 Å². The Hall–Kier alpha value is -4.84. The second kappa shape index (κ2) is 13.2. The van der Waals surface area contributed by atoms with Gasteiger partial charge in [-0.15, -0.1) is 0 Å². The van der Waals surface area contributed by atoms with Crippen molar-refractivity contribution in [1.29, 1.82) is 5.26 Å². The molecule has 10 heteroatoms. The number of hydrogen-bond donors (Lipinski definition) is 1. The van der Waals surface area contributed by atoms with Crippen LogP contribution in [0.25, 0.3) is 0 Å². The minimum Gasteiger partial charge on any atom is -0.493 e. The normalized spacial score (nSPS) is 13.8. The Morgan fingerprint density at radius 2 is 1.66 bits per heavy atom. The number of halogens is 2. The van der Waals surface area contributed by atoms with Gasteiger partial charge in [0.1, 0.15) is 35.5 Å². The molecule has 0 radical (unpaired) electrons. The lowest BCUT2D eigenvalue weighted by Crippen LogP contribution is -2.22. The average molecular weight is 632 g/mol. The maximum Gasteiger partial charge on any atom is 0.349 e. The number of aryl methyl sites for hydroxylation is 2. The summed E-state index contributed by atoms with van der Waals surface area (Å²) < 4.78 is 28.5. The Bertz CT molecular complexity index is 1770. The molecule has 1 heterocycles. The number of nitriles is 1. The number of fused-ring (bicyclic) bond motifs is 1. The highest BCUT2D eigenvalue weighted by atomic mass is 35.5. The topological polar surface area (TPSA) is 113 Å². The Kier molecular flexibility index (Phi) is 9.19. The van der Waals surface area contributed by atoms with E-state index in [1.165, 1.54) is 0 Å². The molecule has 0 aliphatic carbocycles. The molecule has 0 aromatic heterocycles. The van der Waals surface area contributed by atoms with Crippen molar-refractivity contribution in [3.05, 3.63) is 122 Å². The Morgan fingerprint density at radius 3 is 2.34 bits per heavy atom. The van der Waals surface area contributed by atoms with E-state index in [9.17, 15) is 10.1 Å². The van der Waals surface area contributed by atoms with Crippen LogP contribution in [-0.2, 0) is 11.4 Å². The van der Waals surface area contributed by atoms with Crippen LogP contribution in [0.5, 0.6) is 28.7 Å². The van der Waals surface area contributed by atoms with E-state index in [1.807, 2.05) is 32.0 Å². The van der Waals surface area contributed by atoms with Crippen molar-refractivity contribution in [1.82, 2.24) is 0 Å². The zero-order chi connectivity index (χ0) is 31.4. The van der Waals surface area contributed by atoms with Gasteiger partial charge in [-0.3, -0.25) is 0 Å². The fourth-order valence-electron chi connectivity index (χ4n) is 4.86. The van der Waals surface area contributed by atoms with Gasteiger partial charge in [0.2, 0.25) is 5.88 Å². The predicted octanol–water partition coefficient (Wildman–Crippen LogP) is 7.40. The number of esters is 1. The van der Waals surface area contributed by atoms with Crippen molar-refractivity contribution in [2.45, 2.75) is 26.4 Å². The first-order valence-corrected chi connectivity index (χ1v) is 14.3. The van der Waals surface area contributed by atoms with Crippen molar-refractivity contribution >= 4 is 29.2 Å². The molecule has 8 nitrogen and oxygen atoms in total.